The molecule has 138 heavy (non-hydrogen) atoms. The first-order valence-electron chi connectivity index (χ1n) is 42.8. The number of methoxy groups -OCH3 is 4. The van der Waals surface area contributed by atoms with Crippen molar-refractivity contribution in [3.63, 3.8) is 0 Å². The number of ketones is 3. The van der Waals surface area contributed by atoms with E-state index in [4.69, 9.17) is 29.8 Å². The summed E-state index contributed by atoms with van der Waals surface area (Å²) in [7, 11) is 6.20. The third-order valence-electron chi connectivity index (χ3n) is 23.3. The van der Waals surface area contributed by atoms with E-state index in [-0.39, 0.29) is 86.2 Å². The standard InChI is InChI=1S/C20H15BrINO3.C20H19BrN2O6.C20H15BrN2O5.C20H17BrN2O3.C11H14BrNO.C9H5NO5/c1-26-12-4-6-14-15(10-12)19(24)17-13-5-3-11(22)9-16(13)20(25)23(18(14)17)8-2-7-21;1-29-14-6-3-12(4-7-14)18-17(20(25)26)15-8-5-13(23(27)28)11-16(15)19(24)22(18)10-2-9-21;1-28-12-4-6-14-15(10-12)19(24)17-13-5-3-11(23(26)27)9-16(13)20(25)22(18(14)17)8-2-7-21;1-26-12-4-6-14-15(10-12)19(24)17-13-5-3-11(22)9-16(13)20(25)23(18(14)17)8-2-7-21;12-6-1-7-13-8-10-2-4-11(9-14)5-3-10;11-8-3-5-1-2-6(10(13)14)4-7(5)9(12)15-8/h3-6,9-10H,2,7-8H2,1H3;3-8,11,17-18H,2,9-10H2,1H3,(H,25,26);3-6,9-10H,2,7-8H2,1H3;3-6,9-10H,2,7-8,22H2,1H3;2-5,8,14H,1,6-7,9H2;1-2,4H,3H2/t;17-,18-;;;;/m.1..../s1. The lowest BCUT2D eigenvalue weighted by molar-refractivity contribution is -0.385. The first kappa shape index (κ1) is 102. The number of alkyl halides is 5. The number of halogens is 6. The lowest BCUT2D eigenvalue weighted by Gasteiger charge is -2.40. The van der Waals surface area contributed by atoms with Gasteiger partial charge in [-0.1, -0.05) is 140 Å². The number of carbonyl (C=O) groups excluding carboxylic acids is 6. The number of carboxylic acid groups (broad SMARTS) is 1. The molecule has 2 atom stereocenters. The van der Waals surface area contributed by atoms with Crippen LogP contribution < -0.4 is 41.4 Å². The number of carbonyl (C=O) groups is 7. The predicted molar refractivity (Wildman–Crippen MR) is 549 cm³/mol. The Morgan fingerprint density at radius 1 is 0.471 bits per heavy atom. The van der Waals surface area contributed by atoms with Crippen molar-refractivity contribution in [2.45, 2.75) is 76.7 Å². The van der Waals surface area contributed by atoms with Crippen molar-refractivity contribution in [3.8, 4) is 56.8 Å². The van der Waals surface area contributed by atoms with E-state index in [0.717, 1.165) is 84.8 Å². The van der Waals surface area contributed by atoms with E-state index < -0.39 is 50.5 Å². The molecule has 38 heteroatoms. The second-order valence-electron chi connectivity index (χ2n) is 31.5. The molecular formula is C100H85Br5IN9O23. The maximum atomic E-state index is 13.2. The summed E-state index contributed by atoms with van der Waals surface area (Å²) in [5.74, 6) is -1.95. The van der Waals surface area contributed by atoms with Gasteiger partial charge in [-0.05, 0) is 180 Å². The number of nitro benzene ring substituents is 3. The lowest BCUT2D eigenvalue weighted by Crippen LogP contribution is -2.45. The number of carboxylic acids is 1. The van der Waals surface area contributed by atoms with Gasteiger partial charge in [0, 0.05) is 172 Å². The summed E-state index contributed by atoms with van der Waals surface area (Å²) in [6, 6.07) is 52.4. The molecule has 0 radical (unpaired) electrons. The van der Waals surface area contributed by atoms with Gasteiger partial charge in [0.15, 0.2) is 17.3 Å². The van der Waals surface area contributed by atoms with Crippen LogP contribution in [0.4, 0.5) is 22.7 Å². The second kappa shape index (κ2) is 45.9. The van der Waals surface area contributed by atoms with E-state index in [1.165, 1.54) is 67.7 Å². The Hall–Kier alpha value is -13.1. The van der Waals surface area contributed by atoms with Gasteiger partial charge in [0.25, 0.3) is 39.6 Å². The van der Waals surface area contributed by atoms with Crippen LogP contribution in [0.5, 0.6) is 23.0 Å². The molecule has 3 aromatic heterocycles. The van der Waals surface area contributed by atoms with Crippen molar-refractivity contribution >= 4 is 205 Å². The number of non-ortho nitro benzene ring substituents is 3. The maximum absolute atomic E-state index is 13.2. The molecule has 2 aliphatic heterocycles. The number of aliphatic hydroxyl groups excluding tert-OH is 1. The third-order valence-corrected chi connectivity index (χ3v) is 26.7. The fourth-order valence-electron chi connectivity index (χ4n) is 16.9. The number of cyclic esters (lactones) is 2. The molecule has 18 rings (SSSR count). The molecule has 0 bridgehead atoms. The number of nitrogens with two attached hydrogens (primary N) is 1. The number of esters is 2. The molecular weight excluding hydrogens is 2220 g/mol. The number of rotatable bonds is 26. The van der Waals surface area contributed by atoms with Gasteiger partial charge in [0.1, 0.15) is 28.9 Å². The van der Waals surface area contributed by atoms with E-state index in [1.807, 2.05) is 72.9 Å². The molecule has 1 amide bonds. The zero-order chi connectivity index (χ0) is 99.2. The molecule has 3 aliphatic carbocycles. The normalized spacial score (nSPS) is 13.6. The number of anilines is 1. The Bertz CT molecular complexity index is 7120. The Balaban J connectivity index is 0.000000142. The Kier molecular flexibility index (Phi) is 34.0. The molecule has 10 aromatic carbocycles. The zero-order valence-electron chi connectivity index (χ0n) is 74.1. The second-order valence-corrected chi connectivity index (χ2v) is 36.7. The highest BCUT2D eigenvalue weighted by Crippen LogP contribution is 2.48. The van der Waals surface area contributed by atoms with E-state index in [2.05, 4.69) is 112 Å². The molecule has 13 aromatic rings. The van der Waals surface area contributed by atoms with Crippen LogP contribution in [0, 0.1) is 33.9 Å². The summed E-state index contributed by atoms with van der Waals surface area (Å²) in [4.78, 5) is 164. The van der Waals surface area contributed by atoms with Gasteiger partial charge in [-0.2, -0.15) is 0 Å². The number of pyridine rings is 3. The molecule has 32 nitrogen and oxygen atoms in total. The summed E-state index contributed by atoms with van der Waals surface area (Å²) in [6.45, 7) is 2.74. The Labute approximate surface area is 842 Å². The van der Waals surface area contributed by atoms with Crippen LogP contribution >= 0.6 is 102 Å². The number of aliphatic carboxylic acids is 1. The SMILES string of the molecule is COc1ccc([C@@H]2[C@H](C(=O)O)c3ccc([N+](=O)[O-])cc3C(=O)N2CCCBr)cc1.COc1ccc2c(c1)C(=O)c1c-2n(CCCBr)c(=O)c2cc(I)ccc12.COc1ccc2c(c1)C(=O)c1c-2n(CCCBr)c(=O)c2cc(N)ccc12.COc1ccc2c(c1)C(=O)c1c-2n(CCCBr)c(=O)c2cc([N+](=O)[O-])ccc12.O=C1Cc2ccc([N+](=O)[O-])cc2C(=O)O1.OCc1ccc(C=NCCCBr)cc1. The number of ether oxygens (including phenoxy) is 5. The highest BCUT2D eigenvalue weighted by molar-refractivity contribution is 14.1. The summed E-state index contributed by atoms with van der Waals surface area (Å²) in [5.41, 5.74) is 16.3. The molecule has 5 heterocycles. The summed E-state index contributed by atoms with van der Waals surface area (Å²) < 4.78 is 31.3. The number of hydrogen-bond acceptors (Lipinski definition) is 24. The van der Waals surface area contributed by atoms with Crippen LogP contribution in [0.3, 0.4) is 0 Å². The van der Waals surface area contributed by atoms with Gasteiger partial charge in [0.05, 0.1) is 113 Å². The van der Waals surface area contributed by atoms with Gasteiger partial charge in [-0.15, -0.1) is 0 Å². The fourth-order valence-corrected chi connectivity index (χ4v) is 18.6. The number of amides is 1. The predicted octanol–water partition coefficient (Wildman–Crippen LogP) is 19.1. The van der Waals surface area contributed by atoms with Crippen molar-refractivity contribution in [1.29, 1.82) is 0 Å². The molecule has 0 spiro atoms. The van der Waals surface area contributed by atoms with Gasteiger partial charge >= 0.3 is 17.9 Å². The number of hydrogen-bond donors (Lipinski definition) is 3. The number of aliphatic hydroxyl groups is 1. The van der Waals surface area contributed by atoms with Crippen LogP contribution in [0.2, 0.25) is 0 Å². The van der Waals surface area contributed by atoms with Gasteiger partial charge in [-0.3, -0.25) is 78.5 Å². The van der Waals surface area contributed by atoms with E-state index >= 15 is 0 Å². The number of nitrogen functional groups attached to an aromatic ring is 1. The smallest absolute Gasteiger partial charge is 0.346 e. The van der Waals surface area contributed by atoms with E-state index in [1.54, 1.807) is 101 Å². The minimum atomic E-state index is -1.10. The molecule has 0 unspecified atom stereocenters. The fraction of sp³-hybridized carbons (Fsp3) is 0.230. The molecule has 5 aliphatic rings. The first-order chi connectivity index (χ1) is 66.4. The van der Waals surface area contributed by atoms with Crippen LogP contribution in [0.15, 0.2) is 213 Å². The van der Waals surface area contributed by atoms with Crippen LogP contribution in [0.25, 0.3) is 66.1 Å². The van der Waals surface area contributed by atoms with Gasteiger partial charge in [-0.25, -0.2) is 4.79 Å². The summed E-state index contributed by atoms with van der Waals surface area (Å²) >= 11 is 19.1. The van der Waals surface area contributed by atoms with Crippen molar-refractivity contribution in [1.82, 2.24) is 18.6 Å². The monoisotopic (exact) mass is 2300 g/mol. The quantitative estimate of drug-likeness (QED) is 0.00521. The summed E-state index contributed by atoms with van der Waals surface area (Å²) in [6.07, 6.45) is 5.76. The topological polar surface area (TPSA) is 443 Å². The Morgan fingerprint density at radius 2 is 0.884 bits per heavy atom. The third kappa shape index (κ3) is 21.6. The Morgan fingerprint density at radius 3 is 1.33 bits per heavy atom. The first-order valence-corrected chi connectivity index (χ1v) is 49.5. The van der Waals surface area contributed by atoms with Gasteiger partial charge < -0.3 is 58.2 Å². The zero-order valence-corrected chi connectivity index (χ0v) is 84.2. The number of nitro groups is 3. The minimum Gasteiger partial charge on any atom is -0.497 e. The highest BCUT2D eigenvalue weighted by Gasteiger charge is 2.46. The van der Waals surface area contributed by atoms with Crippen LogP contribution in [-0.4, -0.2) is 159 Å². The van der Waals surface area contributed by atoms with Crippen molar-refractivity contribution in [2.75, 3.05) is 73.9 Å². The average molecular weight is 2310 g/mol. The maximum Gasteiger partial charge on any atom is 0.346 e. The number of fused-ring (bicyclic) bond motifs is 17. The number of nitrogens with zero attached hydrogens (tertiary/aromatic N) is 8. The summed E-state index contributed by atoms with van der Waals surface area (Å²) in [5, 5.41) is 58.6. The molecule has 0 fully saturated rings. The van der Waals surface area contributed by atoms with Crippen molar-refractivity contribution < 1.29 is 82.2 Å². The van der Waals surface area contributed by atoms with Crippen LogP contribution in [-0.2, 0) is 47.0 Å². The molecule has 0 saturated carbocycles. The van der Waals surface area contributed by atoms with Crippen LogP contribution in [0.1, 0.15) is 140 Å². The molecule has 710 valence electrons. The number of benzene rings is 10. The minimum absolute atomic E-state index is 0.0287. The van der Waals surface area contributed by atoms with E-state index in [9.17, 15) is 83.4 Å². The average Bonchev–Trinajstić information content (AvgIpc) is 1.58. The van der Waals surface area contributed by atoms with Gasteiger partial charge in [0.2, 0.25) is 0 Å². The number of aromatic nitrogens is 3. The van der Waals surface area contributed by atoms with E-state index in [0.29, 0.717) is 161 Å². The van der Waals surface area contributed by atoms with Crippen molar-refractivity contribution in [3.05, 3.63) is 331 Å². The largest absolute Gasteiger partial charge is 0.497 e. The highest BCUT2D eigenvalue weighted by atomic mass is 127. The molecule has 0 saturated heterocycles. The van der Waals surface area contributed by atoms with Crippen molar-refractivity contribution in [2.24, 2.45) is 4.99 Å². The molecule has 4 N–H and O–H groups in total. The lowest BCUT2D eigenvalue weighted by atomic mass is 9.79. The number of aliphatic imine (C=N–C) groups is 1.